The van der Waals surface area contributed by atoms with E-state index in [2.05, 4.69) is 15.8 Å². The van der Waals surface area contributed by atoms with Crippen LogP contribution < -0.4 is 25.0 Å². The molecule has 0 aliphatic rings. The number of nitrogens with one attached hydrogen (secondary N) is 2. The number of carbonyl (C=O) groups is 1. The van der Waals surface area contributed by atoms with Gasteiger partial charge in [0, 0.05) is 0 Å². The first-order valence-corrected chi connectivity index (χ1v) is 8.09. The largest absolute Gasteiger partial charge is 0.495 e. The number of benzene rings is 2. The van der Waals surface area contributed by atoms with Gasteiger partial charge in [-0.2, -0.15) is 5.10 Å². The van der Waals surface area contributed by atoms with Crippen LogP contribution in [0.15, 0.2) is 41.5 Å². The zero-order valence-corrected chi connectivity index (χ0v) is 15.6. The zero-order valence-electron chi connectivity index (χ0n) is 15.6. The number of methoxy groups -OCH3 is 3. The summed E-state index contributed by atoms with van der Waals surface area (Å²) in [6.45, 7) is -0.0637. The molecule has 0 fully saturated rings. The van der Waals surface area contributed by atoms with Gasteiger partial charge in [-0.1, -0.05) is 12.1 Å². The van der Waals surface area contributed by atoms with Crippen LogP contribution >= 0.6 is 0 Å². The van der Waals surface area contributed by atoms with Crippen LogP contribution in [0, 0.1) is 10.1 Å². The lowest BCUT2D eigenvalue weighted by atomic mass is 10.1. The van der Waals surface area contributed by atoms with Crippen LogP contribution in [-0.2, 0) is 4.79 Å². The topological polar surface area (TPSA) is 124 Å². The van der Waals surface area contributed by atoms with E-state index in [1.165, 1.54) is 39.7 Å². The maximum atomic E-state index is 11.9. The summed E-state index contributed by atoms with van der Waals surface area (Å²) in [7, 11) is 4.32. The molecule has 1 amide bonds. The standard InChI is InChI=1S/C18H20N4O6/c1-26-15-7-5-4-6-13(15)19-11-18(23)21-20-10-12-8-16(27-2)17(28-3)9-14(12)22(24)25/h4-10,19H,11H2,1-3H3,(H,21,23). The molecule has 2 aromatic rings. The number of anilines is 1. The van der Waals surface area contributed by atoms with Gasteiger partial charge >= 0.3 is 0 Å². The van der Waals surface area contributed by atoms with Crippen molar-refractivity contribution < 1.29 is 23.9 Å². The number of carbonyl (C=O) groups excluding carboxylic acids is 1. The first-order chi connectivity index (χ1) is 13.5. The van der Waals surface area contributed by atoms with Gasteiger partial charge in [-0.25, -0.2) is 5.43 Å². The van der Waals surface area contributed by atoms with Crippen molar-refractivity contribution in [3.05, 3.63) is 52.1 Å². The molecule has 0 radical (unpaired) electrons. The van der Waals surface area contributed by atoms with Gasteiger partial charge in [-0.05, 0) is 18.2 Å². The lowest BCUT2D eigenvalue weighted by Crippen LogP contribution is -2.26. The molecule has 10 nitrogen and oxygen atoms in total. The number of amides is 1. The van der Waals surface area contributed by atoms with Crippen LogP contribution in [0.5, 0.6) is 17.2 Å². The predicted molar refractivity (Wildman–Crippen MR) is 103 cm³/mol. The van der Waals surface area contributed by atoms with Crippen LogP contribution in [-0.4, -0.2) is 44.9 Å². The van der Waals surface area contributed by atoms with Gasteiger partial charge in [0.25, 0.3) is 11.6 Å². The van der Waals surface area contributed by atoms with Crippen molar-refractivity contribution in [1.29, 1.82) is 0 Å². The average Bonchev–Trinajstić information content (AvgIpc) is 2.71. The molecule has 0 saturated carbocycles. The molecule has 28 heavy (non-hydrogen) atoms. The van der Waals surface area contributed by atoms with Crippen LogP contribution in [0.2, 0.25) is 0 Å². The summed E-state index contributed by atoms with van der Waals surface area (Å²) >= 11 is 0. The van der Waals surface area contributed by atoms with E-state index in [9.17, 15) is 14.9 Å². The Morgan fingerprint density at radius 2 is 1.75 bits per heavy atom. The fourth-order valence-electron chi connectivity index (χ4n) is 2.33. The molecule has 0 aromatic heterocycles. The van der Waals surface area contributed by atoms with Crippen molar-refractivity contribution in [2.24, 2.45) is 5.10 Å². The van der Waals surface area contributed by atoms with E-state index in [4.69, 9.17) is 14.2 Å². The van der Waals surface area contributed by atoms with Crippen molar-refractivity contribution in [3.8, 4) is 17.2 Å². The first-order valence-electron chi connectivity index (χ1n) is 8.09. The van der Waals surface area contributed by atoms with Crippen molar-refractivity contribution in [3.63, 3.8) is 0 Å². The molecule has 0 aliphatic heterocycles. The fourth-order valence-corrected chi connectivity index (χ4v) is 2.33. The van der Waals surface area contributed by atoms with Gasteiger partial charge in [0.05, 0.1) is 56.3 Å². The zero-order chi connectivity index (χ0) is 20.5. The van der Waals surface area contributed by atoms with Gasteiger partial charge in [-0.3, -0.25) is 14.9 Å². The molecule has 0 spiro atoms. The Balaban J connectivity index is 2.05. The molecule has 148 valence electrons. The molecule has 0 atom stereocenters. The maximum Gasteiger partial charge on any atom is 0.282 e. The molecule has 2 rings (SSSR count). The Morgan fingerprint density at radius 1 is 1.11 bits per heavy atom. The van der Waals surface area contributed by atoms with Crippen LogP contribution in [0.1, 0.15) is 5.56 Å². The Labute approximate surface area is 161 Å². The highest BCUT2D eigenvalue weighted by atomic mass is 16.6. The van der Waals surface area contributed by atoms with E-state index in [0.717, 1.165) is 0 Å². The highest BCUT2D eigenvalue weighted by molar-refractivity contribution is 5.88. The van der Waals surface area contributed by atoms with Crippen LogP contribution in [0.4, 0.5) is 11.4 Å². The van der Waals surface area contributed by atoms with E-state index in [0.29, 0.717) is 17.2 Å². The summed E-state index contributed by atoms with van der Waals surface area (Å²) in [5, 5.41) is 17.9. The number of para-hydroxylation sites is 2. The number of hydrazone groups is 1. The molecule has 0 aliphatic carbocycles. The number of hydrogen-bond donors (Lipinski definition) is 2. The Kier molecular flexibility index (Phi) is 7.14. The van der Waals surface area contributed by atoms with Gasteiger partial charge < -0.3 is 19.5 Å². The molecular weight excluding hydrogens is 368 g/mol. The molecule has 2 aromatic carbocycles. The number of hydrogen-bond acceptors (Lipinski definition) is 8. The summed E-state index contributed by atoms with van der Waals surface area (Å²) in [6, 6.07) is 9.77. The number of ether oxygens (including phenoxy) is 3. The predicted octanol–water partition coefficient (Wildman–Crippen LogP) is 2.18. The van der Waals surface area contributed by atoms with Gasteiger partial charge in [0.1, 0.15) is 5.75 Å². The van der Waals surface area contributed by atoms with Crippen LogP contribution in [0.25, 0.3) is 0 Å². The van der Waals surface area contributed by atoms with Gasteiger partial charge in [0.15, 0.2) is 11.5 Å². The fraction of sp³-hybridized carbons (Fsp3) is 0.222. The summed E-state index contributed by atoms with van der Waals surface area (Å²) in [4.78, 5) is 22.6. The molecular formula is C18H20N4O6. The van der Waals surface area contributed by atoms with E-state index in [1.54, 1.807) is 18.2 Å². The summed E-state index contributed by atoms with van der Waals surface area (Å²) < 4.78 is 15.4. The average molecular weight is 388 g/mol. The first kappa shape index (κ1) is 20.5. The highest BCUT2D eigenvalue weighted by Crippen LogP contribution is 2.33. The number of rotatable bonds is 9. The highest BCUT2D eigenvalue weighted by Gasteiger charge is 2.18. The Bertz CT molecular complexity index is 884. The third kappa shape index (κ3) is 5.10. The minimum atomic E-state index is -0.575. The number of nitro groups is 1. The minimum absolute atomic E-state index is 0.0637. The normalized spacial score (nSPS) is 10.4. The minimum Gasteiger partial charge on any atom is -0.495 e. The summed E-state index contributed by atoms with van der Waals surface area (Å²) in [6.07, 6.45) is 1.17. The maximum absolute atomic E-state index is 11.9. The second-order valence-corrected chi connectivity index (χ2v) is 5.37. The lowest BCUT2D eigenvalue weighted by molar-refractivity contribution is -0.385. The van der Waals surface area contributed by atoms with Crippen molar-refractivity contribution in [2.45, 2.75) is 0 Å². The molecule has 0 heterocycles. The van der Waals surface area contributed by atoms with E-state index in [-0.39, 0.29) is 23.5 Å². The lowest BCUT2D eigenvalue weighted by Gasteiger charge is -2.10. The molecule has 2 N–H and O–H groups in total. The molecule has 0 bridgehead atoms. The Morgan fingerprint density at radius 3 is 2.39 bits per heavy atom. The van der Waals surface area contributed by atoms with E-state index >= 15 is 0 Å². The third-order valence-electron chi connectivity index (χ3n) is 3.67. The second kappa shape index (κ2) is 9.76. The van der Waals surface area contributed by atoms with Crippen molar-refractivity contribution >= 4 is 23.5 Å². The monoisotopic (exact) mass is 388 g/mol. The number of nitro benzene ring substituents is 1. The molecule has 10 heteroatoms. The Hall–Kier alpha value is -3.82. The molecule has 0 unspecified atom stereocenters. The van der Waals surface area contributed by atoms with Gasteiger partial charge in [0.2, 0.25) is 0 Å². The summed E-state index contributed by atoms with van der Waals surface area (Å²) in [5.74, 6) is 0.681. The SMILES string of the molecule is COc1ccccc1NCC(=O)NN=Cc1cc(OC)c(OC)cc1[N+](=O)[O-]. The van der Waals surface area contributed by atoms with Gasteiger partial charge in [-0.15, -0.1) is 0 Å². The molecule has 0 saturated heterocycles. The van der Waals surface area contributed by atoms with Crippen molar-refractivity contribution in [1.82, 2.24) is 5.43 Å². The van der Waals surface area contributed by atoms with Crippen molar-refractivity contribution in [2.75, 3.05) is 33.2 Å². The number of nitrogens with zero attached hydrogens (tertiary/aromatic N) is 2. The van der Waals surface area contributed by atoms with E-state index in [1.807, 2.05) is 6.07 Å². The third-order valence-corrected chi connectivity index (χ3v) is 3.67. The smallest absolute Gasteiger partial charge is 0.282 e. The van der Waals surface area contributed by atoms with Crippen LogP contribution in [0.3, 0.4) is 0 Å². The van der Waals surface area contributed by atoms with E-state index < -0.39 is 10.8 Å². The quantitative estimate of drug-likeness (QED) is 0.383. The second-order valence-electron chi connectivity index (χ2n) is 5.37. The summed E-state index contributed by atoms with van der Waals surface area (Å²) in [5.41, 5.74) is 2.88.